The third kappa shape index (κ3) is 4.11. The molecule has 0 atom stereocenters. The number of carbonyl (C=O) groups is 1. The molecule has 0 bridgehead atoms. The minimum absolute atomic E-state index is 0.0460. The number of hydrogen-bond donors (Lipinski definition) is 1. The average molecular weight is 430 g/mol. The fourth-order valence-corrected chi connectivity index (χ4v) is 3.76. The Balaban J connectivity index is 1.79. The number of sulfonamides is 1. The molecule has 0 radical (unpaired) electrons. The first-order valence-electron chi connectivity index (χ1n) is 9.19. The van der Waals surface area contributed by atoms with Crippen molar-refractivity contribution in [2.24, 2.45) is 5.14 Å². The molecule has 8 nitrogen and oxygen atoms in total. The van der Waals surface area contributed by atoms with Crippen molar-refractivity contribution in [3.8, 4) is 16.9 Å². The molecule has 10 heteroatoms. The molecule has 0 spiro atoms. The Morgan fingerprint density at radius 2 is 1.77 bits per heavy atom. The maximum absolute atomic E-state index is 13.8. The molecule has 1 aromatic heterocycles. The van der Waals surface area contributed by atoms with Crippen LogP contribution < -0.4 is 5.14 Å². The van der Waals surface area contributed by atoms with E-state index in [1.165, 1.54) is 41.1 Å². The highest BCUT2D eigenvalue weighted by atomic mass is 32.2. The predicted octanol–water partition coefficient (Wildman–Crippen LogP) is 1.80. The zero-order chi connectivity index (χ0) is 21.3. The van der Waals surface area contributed by atoms with E-state index in [0.717, 1.165) is 0 Å². The van der Waals surface area contributed by atoms with Crippen LogP contribution in [0, 0.1) is 5.82 Å². The Hall–Kier alpha value is -3.08. The van der Waals surface area contributed by atoms with Gasteiger partial charge in [0.25, 0.3) is 5.91 Å². The topological polar surface area (TPSA) is 108 Å². The molecule has 3 aromatic rings. The molecular weight excluding hydrogens is 411 g/mol. The number of amides is 1. The van der Waals surface area contributed by atoms with Crippen molar-refractivity contribution in [2.75, 3.05) is 26.3 Å². The maximum Gasteiger partial charge on any atom is 0.274 e. The van der Waals surface area contributed by atoms with Gasteiger partial charge in [-0.25, -0.2) is 22.6 Å². The van der Waals surface area contributed by atoms with Crippen molar-refractivity contribution in [1.29, 1.82) is 0 Å². The van der Waals surface area contributed by atoms with Gasteiger partial charge in [-0.3, -0.25) is 4.79 Å². The first-order chi connectivity index (χ1) is 14.3. The number of morpholine rings is 1. The van der Waals surface area contributed by atoms with E-state index in [0.29, 0.717) is 43.2 Å². The summed E-state index contributed by atoms with van der Waals surface area (Å²) >= 11 is 0. The molecule has 0 saturated carbocycles. The van der Waals surface area contributed by atoms with Crippen LogP contribution in [0.15, 0.2) is 59.5 Å². The second-order valence-electron chi connectivity index (χ2n) is 6.78. The summed E-state index contributed by atoms with van der Waals surface area (Å²) in [6.07, 6.45) is 0. The molecule has 2 heterocycles. The third-order valence-electron chi connectivity index (χ3n) is 4.76. The number of nitrogens with zero attached hydrogens (tertiary/aromatic N) is 3. The Bertz CT molecular complexity index is 1190. The number of rotatable bonds is 4. The SMILES string of the molecule is NS(=O)(=O)c1ccc(-n2nc(C(=O)N3CCOCC3)cc2-c2cccc(F)c2)cc1. The minimum Gasteiger partial charge on any atom is -0.378 e. The monoisotopic (exact) mass is 430 g/mol. The van der Waals surface area contributed by atoms with Crippen molar-refractivity contribution in [3.05, 3.63) is 66.1 Å². The van der Waals surface area contributed by atoms with Crippen LogP contribution in [0.1, 0.15) is 10.5 Å². The maximum atomic E-state index is 13.8. The van der Waals surface area contributed by atoms with Crippen LogP contribution >= 0.6 is 0 Å². The highest BCUT2D eigenvalue weighted by molar-refractivity contribution is 7.89. The molecule has 1 aliphatic rings. The van der Waals surface area contributed by atoms with E-state index in [-0.39, 0.29) is 16.5 Å². The number of hydrogen-bond acceptors (Lipinski definition) is 5. The second kappa shape index (κ2) is 7.98. The smallest absolute Gasteiger partial charge is 0.274 e. The van der Waals surface area contributed by atoms with Gasteiger partial charge >= 0.3 is 0 Å². The van der Waals surface area contributed by atoms with Crippen LogP contribution in [0.5, 0.6) is 0 Å². The Kier molecular flexibility index (Phi) is 5.37. The van der Waals surface area contributed by atoms with Gasteiger partial charge in [0.2, 0.25) is 10.0 Å². The van der Waals surface area contributed by atoms with Crippen molar-refractivity contribution >= 4 is 15.9 Å². The molecule has 1 saturated heterocycles. The third-order valence-corrected chi connectivity index (χ3v) is 5.69. The molecule has 2 N–H and O–H groups in total. The molecule has 1 fully saturated rings. The fourth-order valence-electron chi connectivity index (χ4n) is 3.24. The predicted molar refractivity (Wildman–Crippen MR) is 107 cm³/mol. The Morgan fingerprint density at radius 3 is 2.40 bits per heavy atom. The van der Waals surface area contributed by atoms with Crippen LogP contribution in [0.2, 0.25) is 0 Å². The van der Waals surface area contributed by atoms with E-state index >= 15 is 0 Å². The summed E-state index contributed by atoms with van der Waals surface area (Å²) in [6, 6.07) is 13.3. The molecular formula is C20H19FN4O4S. The number of carbonyl (C=O) groups excluding carboxylic acids is 1. The summed E-state index contributed by atoms with van der Waals surface area (Å²) < 4.78 is 43.7. The van der Waals surface area contributed by atoms with Gasteiger partial charge in [-0.05, 0) is 42.5 Å². The molecule has 4 rings (SSSR count). The van der Waals surface area contributed by atoms with Gasteiger partial charge < -0.3 is 9.64 Å². The van der Waals surface area contributed by atoms with Gasteiger partial charge in [0.1, 0.15) is 5.82 Å². The summed E-state index contributed by atoms with van der Waals surface area (Å²) in [5.41, 5.74) is 1.72. The van der Waals surface area contributed by atoms with Gasteiger partial charge in [-0.1, -0.05) is 12.1 Å². The average Bonchev–Trinajstić information content (AvgIpc) is 3.19. The molecule has 2 aromatic carbocycles. The Labute approximate surface area is 172 Å². The highest BCUT2D eigenvalue weighted by Crippen LogP contribution is 2.26. The number of benzene rings is 2. The Morgan fingerprint density at radius 1 is 1.07 bits per heavy atom. The molecule has 156 valence electrons. The van der Waals surface area contributed by atoms with Crippen LogP contribution in [0.4, 0.5) is 4.39 Å². The minimum atomic E-state index is -3.84. The lowest BCUT2D eigenvalue weighted by molar-refractivity contribution is 0.0298. The van der Waals surface area contributed by atoms with E-state index < -0.39 is 15.8 Å². The van der Waals surface area contributed by atoms with Gasteiger partial charge in [0.05, 0.1) is 29.5 Å². The van der Waals surface area contributed by atoms with E-state index in [4.69, 9.17) is 9.88 Å². The largest absolute Gasteiger partial charge is 0.378 e. The van der Waals surface area contributed by atoms with E-state index in [1.807, 2.05) is 0 Å². The lowest BCUT2D eigenvalue weighted by atomic mass is 10.1. The fraction of sp³-hybridized carbons (Fsp3) is 0.200. The quantitative estimate of drug-likeness (QED) is 0.679. The number of primary sulfonamides is 1. The van der Waals surface area contributed by atoms with Gasteiger partial charge in [-0.2, -0.15) is 5.10 Å². The lowest BCUT2D eigenvalue weighted by Crippen LogP contribution is -2.40. The normalized spacial score (nSPS) is 14.7. The molecule has 1 amide bonds. The first kappa shape index (κ1) is 20.2. The first-order valence-corrected chi connectivity index (χ1v) is 10.7. The van der Waals surface area contributed by atoms with Crippen molar-refractivity contribution in [3.63, 3.8) is 0 Å². The molecule has 0 aliphatic carbocycles. The number of aromatic nitrogens is 2. The summed E-state index contributed by atoms with van der Waals surface area (Å²) in [7, 11) is -3.84. The summed E-state index contributed by atoms with van der Waals surface area (Å²) in [6.45, 7) is 1.84. The lowest BCUT2D eigenvalue weighted by Gasteiger charge is -2.25. The van der Waals surface area contributed by atoms with Crippen LogP contribution in [-0.4, -0.2) is 55.3 Å². The van der Waals surface area contributed by atoms with E-state index in [1.54, 1.807) is 23.1 Å². The second-order valence-corrected chi connectivity index (χ2v) is 8.34. The van der Waals surface area contributed by atoms with Crippen LogP contribution in [0.3, 0.4) is 0 Å². The number of nitrogens with two attached hydrogens (primary N) is 1. The van der Waals surface area contributed by atoms with Crippen molar-refractivity contribution in [2.45, 2.75) is 4.90 Å². The molecule has 0 unspecified atom stereocenters. The summed E-state index contributed by atoms with van der Waals surface area (Å²) in [4.78, 5) is 14.5. The van der Waals surface area contributed by atoms with Crippen LogP contribution in [0.25, 0.3) is 16.9 Å². The number of halogens is 1. The van der Waals surface area contributed by atoms with Gasteiger partial charge in [-0.15, -0.1) is 0 Å². The number of ether oxygens (including phenoxy) is 1. The van der Waals surface area contributed by atoms with Gasteiger partial charge in [0, 0.05) is 18.7 Å². The zero-order valence-corrected chi connectivity index (χ0v) is 16.7. The molecule has 1 aliphatic heterocycles. The van der Waals surface area contributed by atoms with Gasteiger partial charge in [0.15, 0.2) is 5.69 Å². The van der Waals surface area contributed by atoms with E-state index in [9.17, 15) is 17.6 Å². The summed E-state index contributed by atoms with van der Waals surface area (Å²) in [5, 5.41) is 9.59. The van der Waals surface area contributed by atoms with Crippen molar-refractivity contribution < 1.29 is 22.3 Å². The standard InChI is InChI=1S/C20H19FN4O4S/c21-15-3-1-2-14(12-15)19-13-18(20(26)24-8-10-29-11-9-24)23-25(19)16-4-6-17(7-5-16)30(22,27)28/h1-7,12-13H,8-11H2,(H2,22,27,28). The van der Waals surface area contributed by atoms with Crippen molar-refractivity contribution in [1.82, 2.24) is 14.7 Å². The zero-order valence-electron chi connectivity index (χ0n) is 15.9. The van der Waals surface area contributed by atoms with E-state index in [2.05, 4.69) is 5.10 Å². The highest BCUT2D eigenvalue weighted by Gasteiger charge is 2.23. The molecule has 30 heavy (non-hydrogen) atoms. The van der Waals surface area contributed by atoms with Crippen LogP contribution in [-0.2, 0) is 14.8 Å². The summed E-state index contributed by atoms with van der Waals surface area (Å²) in [5.74, 6) is -0.679.